The molecule has 0 bridgehead atoms. The first-order valence-electron chi connectivity index (χ1n) is 28.8. The van der Waals surface area contributed by atoms with Crippen LogP contribution in [-0.4, -0.2) is 14.1 Å². The molecule has 10 rings (SSSR count). The molecule has 7 aromatic carbocycles. The largest absolute Gasteiger partial charge is 0.510 e. The fourth-order valence-electron chi connectivity index (χ4n) is 9.18. The molecular weight excluding hydrogens is 1060 g/mol. The van der Waals surface area contributed by atoms with Crippen molar-refractivity contribution >= 4 is 32.8 Å². The third-order valence-corrected chi connectivity index (χ3v) is 12.4. The molecule has 0 spiro atoms. The summed E-state index contributed by atoms with van der Waals surface area (Å²) in [7, 11) is 0. The van der Waals surface area contributed by atoms with Gasteiger partial charge in [-0.2, -0.15) is 18.2 Å². The molecule has 0 aliphatic carbocycles. The molecule has 0 aliphatic rings. The van der Waals surface area contributed by atoms with Gasteiger partial charge in [0.25, 0.3) is 6.33 Å². The Morgan fingerprint density at radius 2 is 1.24 bits per heavy atom. The van der Waals surface area contributed by atoms with Crippen LogP contribution in [0.5, 0.6) is 11.5 Å². The summed E-state index contributed by atoms with van der Waals surface area (Å²) in [6, 6.07) is 43.4. The molecule has 0 radical (unpaired) electrons. The normalized spacial score (nSPS) is 14.6. The number of benzene rings is 7. The van der Waals surface area contributed by atoms with Crippen LogP contribution in [0.1, 0.15) is 118 Å². The van der Waals surface area contributed by atoms with Crippen LogP contribution in [0.25, 0.3) is 72.3 Å². The maximum atomic E-state index is 9.46. The Hall–Kier alpha value is -6.55. The molecule has 0 fully saturated rings. The molecule has 0 aliphatic heterocycles. The van der Waals surface area contributed by atoms with Crippen molar-refractivity contribution in [1.29, 1.82) is 0 Å². The first-order chi connectivity index (χ1) is 37.3. The molecule has 0 saturated heterocycles. The second kappa shape index (κ2) is 19.1. The number of nitrogens with zero attached hydrogens (tertiary/aromatic N) is 4. The SMILES string of the molecule is [2H]c1c([2H])c([2H])c(-c2cccc(-c3cc(C(C)(C)C)cc(C(C)(C)C)c3)c2-[n+]2[c-]n(-c3[c-]c(Oc4[c-]c5c(cc4)c4ccccc4n5-c4cc(C([2H])([2H])C(C)(C)C)ccn4)ccc3)c3cc(C([2H])([2H])C(C)(C)C)ccc32)c([2H])c1[2H].[Pt]. The molecule has 5 nitrogen and oxygen atoms in total. The average Bonchev–Trinajstić information content (AvgIpc) is 4.04. The van der Waals surface area contributed by atoms with Gasteiger partial charge in [0, 0.05) is 49.8 Å². The zero-order valence-corrected chi connectivity index (χ0v) is 45.4. The van der Waals surface area contributed by atoms with Crippen LogP contribution in [0.3, 0.4) is 0 Å². The van der Waals surface area contributed by atoms with Gasteiger partial charge in [0.1, 0.15) is 5.82 Å². The maximum Gasteiger partial charge on any atom is 0.268 e. The molecule has 72 heavy (non-hydrogen) atoms. The molecule has 3 heterocycles. The molecule has 0 atom stereocenters. The van der Waals surface area contributed by atoms with E-state index in [-0.39, 0.29) is 49.5 Å². The summed E-state index contributed by atoms with van der Waals surface area (Å²) in [4.78, 5) is 4.77. The number of hydrogen-bond acceptors (Lipinski definition) is 2. The van der Waals surface area contributed by atoms with Gasteiger partial charge in [0.15, 0.2) is 0 Å². The average molecular weight is 1140 g/mol. The zero-order chi connectivity index (χ0) is 58.0. The minimum absolute atomic E-state index is 0. The summed E-state index contributed by atoms with van der Waals surface area (Å²) in [5.41, 5.74) is 6.86. The first kappa shape index (κ1) is 40.0. The minimum Gasteiger partial charge on any atom is -0.510 e. The van der Waals surface area contributed by atoms with Crippen molar-refractivity contribution in [3.63, 3.8) is 0 Å². The second-order valence-electron chi connectivity index (χ2n) is 22.6. The zero-order valence-electron chi connectivity index (χ0n) is 52.1. The predicted octanol–water partition coefficient (Wildman–Crippen LogP) is 16.7. The van der Waals surface area contributed by atoms with Gasteiger partial charge >= 0.3 is 0 Å². The summed E-state index contributed by atoms with van der Waals surface area (Å²) in [5.74, 6) is 1.27. The van der Waals surface area contributed by atoms with Gasteiger partial charge < -0.3 is 13.9 Å². The Bertz CT molecular complexity index is 4050. The number of aromatic nitrogens is 4. The number of para-hydroxylation sites is 2. The van der Waals surface area contributed by atoms with E-state index in [1.165, 1.54) is 0 Å². The van der Waals surface area contributed by atoms with E-state index in [9.17, 15) is 5.48 Å². The van der Waals surface area contributed by atoms with Crippen LogP contribution in [0.15, 0.2) is 158 Å². The van der Waals surface area contributed by atoms with Crippen molar-refractivity contribution in [2.45, 2.75) is 107 Å². The van der Waals surface area contributed by atoms with Crippen LogP contribution in [0, 0.1) is 29.3 Å². The van der Waals surface area contributed by atoms with Gasteiger partial charge in [-0.05, 0) is 109 Å². The molecule has 0 saturated carbocycles. The van der Waals surface area contributed by atoms with Gasteiger partial charge in [0.2, 0.25) is 0 Å². The van der Waals surface area contributed by atoms with Gasteiger partial charge in [-0.3, -0.25) is 4.57 Å². The Balaban J connectivity index is 0.00000792. The van der Waals surface area contributed by atoms with Crippen LogP contribution in [0.2, 0.25) is 0 Å². The van der Waals surface area contributed by atoms with E-state index in [0.29, 0.717) is 61.9 Å². The van der Waals surface area contributed by atoms with E-state index in [4.69, 9.17) is 16.6 Å². The fourth-order valence-corrected chi connectivity index (χ4v) is 9.18. The summed E-state index contributed by atoms with van der Waals surface area (Å²) >= 11 is 0. The summed E-state index contributed by atoms with van der Waals surface area (Å²) < 4.78 is 94.2. The minimum atomic E-state index is -1.80. The van der Waals surface area contributed by atoms with Crippen molar-refractivity contribution in [2.24, 2.45) is 10.8 Å². The predicted molar refractivity (Wildman–Crippen MR) is 295 cm³/mol. The third kappa shape index (κ3) is 10.4. The van der Waals surface area contributed by atoms with Gasteiger partial charge in [-0.25, -0.2) is 4.98 Å². The van der Waals surface area contributed by atoms with Crippen LogP contribution < -0.4 is 9.30 Å². The Labute approximate surface area is 454 Å². The van der Waals surface area contributed by atoms with Gasteiger partial charge in [-0.15, -0.1) is 29.7 Å². The van der Waals surface area contributed by atoms with Crippen molar-refractivity contribution in [1.82, 2.24) is 14.1 Å². The smallest absolute Gasteiger partial charge is 0.268 e. The molecule has 0 amide bonds. The van der Waals surface area contributed by atoms with Crippen molar-refractivity contribution in [3.8, 4) is 50.9 Å². The summed E-state index contributed by atoms with van der Waals surface area (Å²) in [6.07, 6.45) is 1.82. The monoisotopic (exact) mass is 1130 g/mol. The topological polar surface area (TPSA) is 35.9 Å². The van der Waals surface area contributed by atoms with E-state index in [1.54, 1.807) is 41.1 Å². The number of rotatable bonds is 9. The number of pyridine rings is 1. The molecule has 3 aromatic heterocycles. The number of hydrogen-bond donors (Lipinski definition) is 0. The van der Waals surface area contributed by atoms with Gasteiger partial charge in [-0.1, -0.05) is 191 Å². The molecule has 0 unspecified atom stereocenters. The van der Waals surface area contributed by atoms with Crippen LogP contribution in [0.4, 0.5) is 0 Å². The molecule has 0 N–H and O–H groups in total. The third-order valence-electron chi connectivity index (χ3n) is 12.4. The molecular formula is C66H66N4OPt-2. The molecule has 10 aromatic rings. The van der Waals surface area contributed by atoms with E-state index in [0.717, 1.165) is 38.5 Å². The van der Waals surface area contributed by atoms with Gasteiger partial charge in [0.05, 0.1) is 23.6 Å². The Morgan fingerprint density at radius 3 is 1.92 bits per heavy atom. The standard InChI is InChI=1S/C66H66N4O.Pt/c1-63(2,3)41-44-28-31-58-60(34-44)68(43-69(58)62-53(46-20-14-13-15-21-46)25-19-26-54(62)47-36-48(65(7,8)9)38-49(37-47)66(10,11)12)50-22-18-23-51(39-50)71-52-29-30-56-55-24-16-17-27-57(55)70(59(56)40-52)61-35-45(32-33-67-61)42-64(4,5)6;/h13-38H,41-42H2,1-12H3;/q-2;/i13D,14D,15D,20D,21D,41D2,42D2;. The van der Waals surface area contributed by atoms with Crippen LogP contribution in [-0.2, 0) is 44.6 Å². The molecule has 6 heteroatoms. The fraction of sp³-hybridized carbons (Fsp3) is 0.273. The van der Waals surface area contributed by atoms with Crippen molar-refractivity contribution < 1.29 is 42.7 Å². The Kier molecular flexibility index (Phi) is 10.6. The number of imidazole rings is 1. The molecule has 368 valence electrons. The Morgan fingerprint density at radius 1 is 0.597 bits per heavy atom. The number of fused-ring (bicyclic) bond motifs is 4. The van der Waals surface area contributed by atoms with Crippen molar-refractivity contribution in [3.05, 3.63) is 198 Å². The van der Waals surface area contributed by atoms with Crippen molar-refractivity contribution in [2.75, 3.05) is 0 Å². The van der Waals surface area contributed by atoms with E-state index < -0.39 is 41.7 Å². The number of ether oxygens (including phenoxy) is 1. The maximum absolute atomic E-state index is 9.46. The first-order valence-corrected chi connectivity index (χ1v) is 24.3. The summed E-state index contributed by atoms with van der Waals surface area (Å²) in [6.45, 7) is 24.3. The van der Waals surface area contributed by atoms with E-state index >= 15 is 0 Å². The van der Waals surface area contributed by atoms with E-state index in [1.807, 2.05) is 123 Å². The van der Waals surface area contributed by atoms with E-state index in [2.05, 4.69) is 78.2 Å². The second-order valence-corrected chi connectivity index (χ2v) is 22.6. The summed E-state index contributed by atoms with van der Waals surface area (Å²) in [5, 5.41) is 1.87. The quantitative estimate of drug-likeness (QED) is 0.107. The van der Waals surface area contributed by atoms with Crippen LogP contribution >= 0.6 is 0 Å².